The Morgan fingerprint density at radius 1 is 1.50 bits per heavy atom. The highest BCUT2D eigenvalue weighted by Crippen LogP contribution is 2.25. The maximum absolute atomic E-state index is 13.0. The van der Waals surface area contributed by atoms with Gasteiger partial charge in [0.25, 0.3) is 0 Å². The second kappa shape index (κ2) is 3.65. The van der Waals surface area contributed by atoms with Crippen molar-refractivity contribution in [1.29, 1.82) is 0 Å². The molecule has 0 bridgehead atoms. The number of fused-ring (bicyclic) bond motifs is 1. The summed E-state index contributed by atoms with van der Waals surface area (Å²) in [5, 5.41) is 3.84. The van der Waals surface area contributed by atoms with Crippen LogP contribution >= 0.6 is 0 Å². The summed E-state index contributed by atoms with van der Waals surface area (Å²) in [5.74, 6) is 0.367. The van der Waals surface area contributed by atoms with Crippen LogP contribution in [0.1, 0.15) is 12.0 Å². The SMILES string of the molecule is CO/N=C1/CCOc2ccc(F)cc21. The summed E-state index contributed by atoms with van der Waals surface area (Å²) in [6.45, 7) is 0.556. The van der Waals surface area contributed by atoms with E-state index in [1.807, 2.05) is 0 Å². The summed E-state index contributed by atoms with van der Waals surface area (Å²) in [7, 11) is 1.47. The third-order valence-electron chi connectivity index (χ3n) is 2.05. The van der Waals surface area contributed by atoms with Crippen molar-refractivity contribution in [3.63, 3.8) is 0 Å². The van der Waals surface area contributed by atoms with Gasteiger partial charge in [-0.3, -0.25) is 0 Å². The number of hydrogen-bond acceptors (Lipinski definition) is 3. The number of halogens is 1. The zero-order valence-electron chi connectivity index (χ0n) is 7.79. The first-order valence-electron chi connectivity index (χ1n) is 4.34. The molecule has 1 aromatic rings. The van der Waals surface area contributed by atoms with E-state index in [9.17, 15) is 4.39 Å². The molecule has 0 radical (unpaired) electrons. The molecule has 3 nitrogen and oxygen atoms in total. The van der Waals surface area contributed by atoms with Crippen LogP contribution in [0.4, 0.5) is 4.39 Å². The maximum atomic E-state index is 13.0. The van der Waals surface area contributed by atoms with Crippen LogP contribution in [0.2, 0.25) is 0 Å². The molecule has 0 saturated heterocycles. The van der Waals surface area contributed by atoms with Crippen LogP contribution in [-0.4, -0.2) is 19.4 Å². The lowest BCUT2D eigenvalue weighted by Gasteiger charge is -2.18. The van der Waals surface area contributed by atoms with Crippen molar-refractivity contribution in [2.75, 3.05) is 13.7 Å². The topological polar surface area (TPSA) is 30.8 Å². The minimum absolute atomic E-state index is 0.293. The number of hydrogen-bond donors (Lipinski definition) is 0. The first-order chi connectivity index (χ1) is 6.81. The fourth-order valence-corrected chi connectivity index (χ4v) is 1.45. The molecule has 2 rings (SSSR count). The largest absolute Gasteiger partial charge is 0.492 e. The molecule has 4 heteroatoms. The monoisotopic (exact) mass is 195 g/mol. The van der Waals surface area contributed by atoms with Gasteiger partial charge in [0.05, 0.1) is 12.3 Å². The van der Waals surface area contributed by atoms with Crippen molar-refractivity contribution in [1.82, 2.24) is 0 Å². The Bertz CT molecular complexity index is 376. The lowest BCUT2D eigenvalue weighted by molar-refractivity contribution is 0.210. The van der Waals surface area contributed by atoms with Crippen LogP contribution < -0.4 is 4.74 Å². The standard InChI is InChI=1S/C10H10FNO2/c1-13-12-9-4-5-14-10-3-2-7(11)6-8(9)10/h2-3,6H,4-5H2,1H3/b12-9-. The summed E-state index contributed by atoms with van der Waals surface area (Å²) in [6, 6.07) is 4.38. The van der Waals surface area contributed by atoms with E-state index in [4.69, 9.17) is 4.74 Å². The molecule has 0 spiro atoms. The summed E-state index contributed by atoms with van der Waals surface area (Å²) in [6.07, 6.45) is 0.643. The van der Waals surface area contributed by atoms with E-state index in [2.05, 4.69) is 9.99 Å². The van der Waals surface area contributed by atoms with Gasteiger partial charge in [-0.1, -0.05) is 5.16 Å². The number of nitrogens with zero attached hydrogens (tertiary/aromatic N) is 1. The molecule has 0 saturated carbocycles. The van der Waals surface area contributed by atoms with Gasteiger partial charge in [-0.15, -0.1) is 0 Å². The zero-order chi connectivity index (χ0) is 9.97. The lowest BCUT2D eigenvalue weighted by atomic mass is 10.0. The average Bonchev–Trinajstić information content (AvgIpc) is 2.19. The molecule has 74 valence electrons. The lowest BCUT2D eigenvalue weighted by Crippen LogP contribution is -2.16. The molecule has 0 unspecified atom stereocenters. The van der Waals surface area contributed by atoms with Gasteiger partial charge < -0.3 is 9.57 Å². The normalized spacial score (nSPS) is 17.4. The summed E-state index contributed by atoms with van der Waals surface area (Å²) in [5.41, 5.74) is 1.41. The molecule has 1 aliphatic heterocycles. The molecular formula is C10H10FNO2. The number of rotatable bonds is 1. The van der Waals surface area contributed by atoms with E-state index in [1.54, 1.807) is 6.07 Å². The number of benzene rings is 1. The Balaban J connectivity index is 2.47. The molecule has 0 amide bonds. The van der Waals surface area contributed by atoms with E-state index < -0.39 is 0 Å². The second-order valence-corrected chi connectivity index (χ2v) is 2.96. The van der Waals surface area contributed by atoms with Crippen LogP contribution in [0.3, 0.4) is 0 Å². The smallest absolute Gasteiger partial charge is 0.128 e. The van der Waals surface area contributed by atoms with Gasteiger partial charge in [0.2, 0.25) is 0 Å². The van der Waals surface area contributed by atoms with Gasteiger partial charge in [0.15, 0.2) is 0 Å². The highest BCUT2D eigenvalue weighted by atomic mass is 19.1. The maximum Gasteiger partial charge on any atom is 0.128 e. The molecule has 0 aromatic heterocycles. The summed E-state index contributed by atoms with van der Waals surface area (Å²) < 4.78 is 18.3. The number of ether oxygens (including phenoxy) is 1. The van der Waals surface area contributed by atoms with Crippen LogP contribution in [0, 0.1) is 5.82 Å². The molecule has 1 aromatic carbocycles. The molecule has 0 fully saturated rings. The highest BCUT2D eigenvalue weighted by molar-refractivity contribution is 6.03. The van der Waals surface area contributed by atoms with E-state index >= 15 is 0 Å². The van der Waals surface area contributed by atoms with E-state index in [0.717, 1.165) is 5.71 Å². The van der Waals surface area contributed by atoms with Crippen LogP contribution in [0.25, 0.3) is 0 Å². The molecular weight excluding hydrogens is 185 g/mol. The first-order valence-corrected chi connectivity index (χ1v) is 4.34. The molecule has 0 N–H and O–H groups in total. The van der Waals surface area contributed by atoms with Crippen molar-refractivity contribution in [3.05, 3.63) is 29.6 Å². The molecule has 1 heterocycles. The third-order valence-corrected chi connectivity index (χ3v) is 2.05. The van der Waals surface area contributed by atoms with Crippen molar-refractivity contribution in [3.8, 4) is 5.75 Å². The fourth-order valence-electron chi connectivity index (χ4n) is 1.45. The molecule has 1 aliphatic rings. The zero-order valence-corrected chi connectivity index (χ0v) is 7.79. The Kier molecular flexibility index (Phi) is 2.35. The Hall–Kier alpha value is -1.58. The van der Waals surface area contributed by atoms with Gasteiger partial charge >= 0.3 is 0 Å². The van der Waals surface area contributed by atoms with Crippen LogP contribution in [-0.2, 0) is 4.84 Å². The van der Waals surface area contributed by atoms with Crippen molar-refractivity contribution >= 4 is 5.71 Å². The Morgan fingerprint density at radius 2 is 2.36 bits per heavy atom. The van der Waals surface area contributed by atoms with E-state index in [1.165, 1.54) is 19.2 Å². The quantitative estimate of drug-likeness (QED) is 0.641. The Morgan fingerprint density at radius 3 is 3.14 bits per heavy atom. The average molecular weight is 195 g/mol. The van der Waals surface area contributed by atoms with Crippen molar-refractivity contribution in [2.24, 2.45) is 5.16 Å². The fraction of sp³-hybridized carbons (Fsp3) is 0.300. The summed E-state index contributed by atoms with van der Waals surface area (Å²) >= 11 is 0. The molecule has 0 aliphatic carbocycles. The van der Waals surface area contributed by atoms with Gasteiger partial charge in [-0.25, -0.2) is 4.39 Å². The highest BCUT2D eigenvalue weighted by Gasteiger charge is 2.17. The molecule has 0 atom stereocenters. The second-order valence-electron chi connectivity index (χ2n) is 2.96. The predicted molar refractivity (Wildman–Crippen MR) is 50.1 cm³/mol. The van der Waals surface area contributed by atoms with Crippen molar-refractivity contribution in [2.45, 2.75) is 6.42 Å². The first kappa shape index (κ1) is 8.99. The minimum atomic E-state index is -0.293. The Labute approximate surface area is 81.1 Å². The minimum Gasteiger partial charge on any atom is -0.492 e. The van der Waals surface area contributed by atoms with Crippen LogP contribution in [0.15, 0.2) is 23.4 Å². The molecule has 14 heavy (non-hydrogen) atoms. The van der Waals surface area contributed by atoms with E-state index in [0.29, 0.717) is 24.3 Å². The van der Waals surface area contributed by atoms with Gasteiger partial charge in [-0.2, -0.15) is 0 Å². The predicted octanol–water partition coefficient (Wildman–Crippen LogP) is 1.96. The summed E-state index contributed by atoms with van der Waals surface area (Å²) in [4.78, 5) is 4.69. The van der Waals surface area contributed by atoms with Gasteiger partial charge in [0.1, 0.15) is 18.7 Å². The van der Waals surface area contributed by atoms with Crippen LogP contribution in [0.5, 0.6) is 5.75 Å². The van der Waals surface area contributed by atoms with Gasteiger partial charge in [0, 0.05) is 12.0 Å². The van der Waals surface area contributed by atoms with Crippen molar-refractivity contribution < 1.29 is 14.0 Å². The third kappa shape index (κ3) is 1.55. The van der Waals surface area contributed by atoms with E-state index in [-0.39, 0.29) is 5.82 Å². The van der Waals surface area contributed by atoms with Gasteiger partial charge in [-0.05, 0) is 18.2 Å². The number of oxime groups is 1.